The van der Waals surface area contributed by atoms with Crippen LogP contribution in [0.15, 0.2) is 78.0 Å². The molecule has 174 valence electrons. The van der Waals surface area contributed by atoms with Crippen molar-refractivity contribution in [2.24, 2.45) is 0 Å². The fourth-order valence-corrected chi connectivity index (χ4v) is 4.55. The summed E-state index contributed by atoms with van der Waals surface area (Å²) in [5.74, 6) is 0.923. The second kappa shape index (κ2) is 9.85. The normalized spacial score (nSPS) is 11.4. The van der Waals surface area contributed by atoms with Gasteiger partial charge in [0.2, 0.25) is 5.91 Å². The molecule has 34 heavy (non-hydrogen) atoms. The van der Waals surface area contributed by atoms with E-state index < -0.39 is 0 Å². The lowest BCUT2D eigenvalue weighted by atomic mass is 9.87. The average molecular weight is 471 g/mol. The van der Waals surface area contributed by atoms with Gasteiger partial charge in [-0.15, -0.1) is 10.2 Å². The predicted molar refractivity (Wildman–Crippen MR) is 141 cm³/mol. The van der Waals surface area contributed by atoms with E-state index in [1.807, 2.05) is 66.9 Å². The third-order valence-corrected chi connectivity index (χ3v) is 6.66. The number of hydrogen-bond acceptors (Lipinski definition) is 4. The van der Waals surface area contributed by atoms with E-state index in [-0.39, 0.29) is 17.1 Å². The minimum atomic E-state index is -0.0684. The molecule has 0 saturated heterocycles. The smallest absolute Gasteiger partial charge is 0.234 e. The number of benzene rings is 3. The summed E-state index contributed by atoms with van der Waals surface area (Å²) in [6.45, 7) is 10.6. The molecule has 0 radical (unpaired) electrons. The summed E-state index contributed by atoms with van der Waals surface area (Å²) in [4.78, 5) is 12.8. The van der Waals surface area contributed by atoms with Crippen molar-refractivity contribution in [3.05, 3.63) is 89.5 Å². The molecule has 0 saturated carbocycles. The highest BCUT2D eigenvalue weighted by Crippen LogP contribution is 2.30. The lowest BCUT2D eigenvalue weighted by Gasteiger charge is -2.19. The van der Waals surface area contributed by atoms with Crippen LogP contribution < -0.4 is 5.32 Å². The van der Waals surface area contributed by atoms with Crippen LogP contribution in [0.5, 0.6) is 0 Å². The second-order valence-corrected chi connectivity index (χ2v) is 10.4. The van der Waals surface area contributed by atoms with E-state index >= 15 is 0 Å². The summed E-state index contributed by atoms with van der Waals surface area (Å²) in [5.41, 5.74) is 6.25. The number of aryl methyl sites for hydroxylation is 2. The van der Waals surface area contributed by atoms with Crippen molar-refractivity contribution >= 4 is 23.4 Å². The van der Waals surface area contributed by atoms with E-state index in [1.54, 1.807) is 0 Å². The molecule has 4 rings (SSSR count). The molecule has 0 fully saturated rings. The maximum atomic E-state index is 12.8. The standard InChI is InChI=1S/C28H30N4OS/c1-19-10-9-11-20(2)25(19)29-24(33)18-34-27-31-30-26(32(27)23-12-7-6-8-13-23)21-14-16-22(17-15-21)28(3,4)5/h6-17H,18H2,1-5H3,(H,29,33). The molecule has 0 atom stereocenters. The Labute approximate surface area is 205 Å². The number of carbonyl (C=O) groups excluding carboxylic acids is 1. The van der Waals surface area contributed by atoms with E-state index in [2.05, 4.69) is 60.6 Å². The largest absolute Gasteiger partial charge is 0.325 e. The zero-order valence-electron chi connectivity index (χ0n) is 20.3. The molecule has 5 nitrogen and oxygen atoms in total. The van der Waals surface area contributed by atoms with Crippen molar-refractivity contribution in [3.63, 3.8) is 0 Å². The van der Waals surface area contributed by atoms with E-state index in [9.17, 15) is 4.79 Å². The third kappa shape index (κ3) is 5.23. The minimum Gasteiger partial charge on any atom is -0.325 e. The van der Waals surface area contributed by atoms with Gasteiger partial charge >= 0.3 is 0 Å². The zero-order chi connectivity index (χ0) is 24.3. The first-order valence-electron chi connectivity index (χ1n) is 11.3. The molecule has 0 aliphatic heterocycles. The number of para-hydroxylation sites is 2. The SMILES string of the molecule is Cc1cccc(C)c1NC(=O)CSc1nnc(-c2ccc(C(C)(C)C)cc2)n1-c1ccccc1. The van der Waals surface area contributed by atoms with Gasteiger partial charge in [-0.1, -0.05) is 93.2 Å². The van der Waals surface area contributed by atoms with Gasteiger partial charge in [-0.25, -0.2) is 0 Å². The topological polar surface area (TPSA) is 59.8 Å². The van der Waals surface area contributed by atoms with Crippen LogP contribution in [0.4, 0.5) is 5.69 Å². The number of anilines is 1. The van der Waals surface area contributed by atoms with Crippen LogP contribution in [0.3, 0.4) is 0 Å². The molecule has 0 unspecified atom stereocenters. The lowest BCUT2D eigenvalue weighted by Crippen LogP contribution is -2.16. The molecule has 6 heteroatoms. The monoisotopic (exact) mass is 470 g/mol. The van der Waals surface area contributed by atoms with Crippen LogP contribution in [0.25, 0.3) is 17.1 Å². The fourth-order valence-electron chi connectivity index (χ4n) is 3.80. The van der Waals surface area contributed by atoms with Crippen molar-refractivity contribution in [3.8, 4) is 17.1 Å². The van der Waals surface area contributed by atoms with Gasteiger partial charge in [0.15, 0.2) is 11.0 Å². The maximum absolute atomic E-state index is 12.8. The van der Waals surface area contributed by atoms with Gasteiger partial charge in [0.1, 0.15) is 0 Å². The zero-order valence-corrected chi connectivity index (χ0v) is 21.1. The Kier molecular flexibility index (Phi) is 6.89. The summed E-state index contributed by atoms with van der Waals surface area (Å²) >= 11 is 1.38. The molecule has 0 aliphatic carbocycles. The van der Waals surface area contributed by atoms with Gasteiger partial charge in [0.25, 0.3) is 0 Å². The summed E-state index contributed by atoms with van der Waals surface area (Å²) in [6, 6.07) is 24.5. The number of nitrogens with zero attached hydrogens (tertiary/aromatic N) is 3. The molecule has 1 N–H and O–H groups in total. The first-order valence-corrected chi connectivity index (χ1v) is 12.3. The van der Waals surface area contributed by atoms with Gasteiger partial charge in [-0.2, -0.15) is 0 Å². The van der Waals surface area contributed by atoms with Crippen LogP contribution in [-0.4, -0.2) is 26.4 Å². The van der Waals surface area contributed by atoms with Crippen molar-refractivity contribution < 1.29 is 4.79 Å². The molecule has 0 spiro atoms. The van der Waals surface area contributed by atoms with Gasteiger partial charge in [0, 0.05) is 16.9 Å². The van der Waals surface area contributed by atoms with Crippen LogP contribution in [-0.2, 0) is 10.2 Å². The minimum absolute atomic E-state index is 0.0684. The molecule has 3 aromatic carbocycles. The number of nitrogens with one attached hydrogen (secondary N) is 1. The Balaban J connectivity index is 1.61. The molecule has 0 aliphatic rings. The van der Waals surface area contributed by atoms with Crippen molar-refractivity contribution in [2.75, 3.05) is 11.1 Å². The van der Waals surface area contributed by atoms with Crippen molar-refractivity contribution in [1.82, 2.24) is 14.8 Å². The highest BCUT2D eigenvalue weighted by Gasteiger charge is 2.19. The van der Waals surface area contributed by atoms with Crippen LogP contribution in [0.2, 0.25) is 0 Å². The Hall–Kier alpha value is -3.38. The molecule has 1 aromatic heterocycles. The molecule has 4 aromatic rings. The van der Waals surface area contributed by atoms with Gasteiger partial charge in [-0.05, 0) is 48.1 Å². The lowest BCUT2D eigenvalue weighted by molar-refractivity contribution is -0.113. The Bertz CT molecular complexity index is 1270. The second-order valence-electron chi connectivity index (χ2n) is 9.41. The Morgan fingerprint density at radius 1 is 0.882 bits per heavy atom. The van der Waals surface area contributed by atoms with Gasteiger partial charge < -0.3 is 5.32 Å². The number of aromatic nitrogens is 3. The van der Waals surface area contributed by atoms with Crippen molar-refractivity contribution in [1.29, 1.82) is 0 Å². The summed E-state index contributed by atoms with van der Waals surface area (Å²) in [5, 5.41) is 12.7. The van der Waals surface area contributed by atoms with E-state index in [0.29, 0.717) is 5.16 Å². The van der Waals surface area contributed by atoms with Gasteiger partial charge in [-0.3, -0.25) is 9.36 Å². The van der Waals surface area contributed by atoms with E-state index in [4.69, 9.17) is 0 Å². The highest BCUT2D eigenvalue weighted by atomic mass is 32.2. The quantitative estimate of drug-likeness (QED) is 0.323. The van der Waals surface area contributed by atoms with Crippen LogP contribution in [0, 0.1) is 13.8 Å². The highest BCUT2D eigenvalue weighted by molar-refractivity contribution is 7.99. The number of hydrogen-bond donors (Lipinski definition) is 1. The molecule has 0 bridgehead atoms. The van der Waals surface area contributed by atoms with Gasteiger partial charge in [0.05, 0.1) is 5.75 Å². The van der Waals surface area contributed by atoms with Crippen molar-refractivity contribution in [2.45, 2.75) is 45.2 Å². The first-order chi connectivity index (χ1) is 16.2. The summed E-state index contributed by atoms with van der Waals surface area (Å²) < 4.78 is 2.02. The predicted octanol–water partition coefficient (Wildman–Crippen LogP) is 6.58. The molecule has 1 amide bonds. The maximum Gasteiger partial charge on any atom is 0.234 e. The fraction of sp³-hybridized carbons (Fsp3) is 0.250. The first kappa shape index (κ1) is 23.8. The Morgan fingerprint density at radius 2 is 1.53 bits per heavy atom. The van der Waals surface area contributed by atoms with Crippen LogP contribution >= 0.6 is 11.8 Å². The third-order valence-electron chi connectivity index (χ3n) is 5.73. The molecular weight excluding hydrogens is 440 g/mol. The number of thioether (sulfide) groups is 1. The molecular formula is C28H30N4OS. The molecule has 1 heterocycles. The summed E-state index contributed by atoms with van der Waals surface area (Å²) in [7, 11) is 0. The van der Waals surface area contributed by atoms with Crippen LogP contribution in [0.1, 0.15) is 37.5 Å². The van der Waals surface area contributed by atoms with E-state index in [0.717, 1.165) is 33.9 Å². The summed E-state index contributed by atoms with van der Waals surface area (Å²) in [6.07, 6.45) is 0. The Morgan fingerprint density at radius 3 is 2.15 bits per heavy atom. The number of amides is 1. The number of carbonyl (C=O) groups is 1. The average Bonchev–Trinajstić information content (AvgIpc) is 3.24. The van der Waals surface area contributed by atoms with E-state index in [1.165, 1.54) is 17.3 Å². The number of rotatable bonds is 6.